The molecule has 8 heteroatoms. The van der Waals surface area contributed by atoms with Crippen LogP contribution in [0.3, 0.4) is 0 Å². The third-order valence-corrected chi connectivity index (χ3v) is 5.98. The Hall–Kier alpha value is -4.07. The first-order valence-corrected chi connectivity index (χ1v) is 9.80. The molecule has 1 fully saturated rings. The van der Waals surface area contributed by atoms with Crippen LogP contribution in [0.1, 0.15) is 15.9 Å². The van der Waals surface area contributed by atoms with E-state index in [-0.39, 0.29) is 18.0 Å². The van der Waals surface area contributed by atoms with Crippen molar-refractivity contribution in [2.45, 2.75) is 12.1 Å². The number of benzene rings is 2. The highest BCUT2D eigenvalue weighted by Gasteiger charge is 2.54. The molecule has 31 heavy (non-hydrogen) atoms. The highest BCUT2D eigenvalue weighted by atomic mass is 16.2. The topological polar surface area (TPSA) is 87.3 Å². The lowest BCUT2D eigenvalue weighted by atomic mass is 9.89. The summed E-state index contributed by atoms with van der Waals surface area (Å²) in [7, 11) is 3.01. The van der Waals surface area contributed by atoms with Gasteiger partial charge in [0.25, 0.3) is 11.8 Å². The fourth-order valence-corrected chi connectivity index (χ4v) is 4.23. The van der Waals surface area contributed by atoms with E-state index in [0.717, 1.165) is 15.8 Å². The van der Waals surface area contributed by atoms with Crippen molar-refractivity contribution in [2.75, 3.05) is 14.1 Å². The molecule has 5 rings (SSSR count). The number of fused-ring (bicyclic) bond motifs is 2. The van der Waals surface area contributed by atoms with Crippen molar-refractivity contribution in [2.24, 2.45) is 9.98 Å². The molecule has 2 aliphatic rings. The smallest absolute Gasteiger partial charge is 0.297 e. The zero-order valence-electron chi connectivity index (χ0n) is 17.0. The molecule has 0 saturated carbocycles. The van der Waals surface area contributed by atoms with Gasteiger partial charge in [-0.15, -0.1) is 0 Å². The maximum atomic E-state index is 13.5. The molecule has 0 radical (unpaired) electrons. The number of aliphatic imine (C=N–C) groups is 2. The van der Waals surface area contributed by atoms with Crippen molar-refractivity contribution in [3.05, 3.63) is 71.9 Å². The second kappa shape index (κ2) is 6.73. The van der Waals surface area contributed by atoms with Gasteiger partial charge in [0.05, 0.1) is 5.52 Å². The molecule has 2 aromatic carbocycles. The monoisotopic (exact) mass is 413 g/mol. The Balaban J connectivity index is 1.58. The minimum atomic E-state index is -1.27. The Bertz CT molecular complexity index is 1320. The van der Waals surface area contributed by atoms with Crippen LogP contribution in [0.5, 0.6) is 0 Å². The van der Waals surface area contributed by atoms with Crippen molar-refractivity contribution in [3.8, 4) is 0 Å². The zero-order chi connectivity index (χ0) is 21.8. The van der Waals surface area contributed by atoms with Crippen LogP contribution < -0.4 is 0 Å². The van der Waals surface area contributed by atoms with E-state index in [0.29, 0.717) is 11.1 Å². The predicted molar refractivity (Wildman–Crippen MR) is 116 cm³/mol. The van der Waals surface area contributed by atoms with Crippen molar-refractivity contribution in [1.82, 2.24) is 14.4 Å². The summed E-state index contributed by atoms with van der Waals surface area (Å²) >= 11 is 0. The number of para-hydroxylation sites is 1. The summed E-state index contributed by atoms with van der Waals surface area (Å²) in [6.45, 7) is 0. The van der Waals surface area contributed by atoms with E-state index in [1.54, 1.807) is 29.9 Å². The molecule has 154 valence electrons. The van der Waals surface area contributed by atoms with E-state index < -0.39 is 17.6 Å². The van der Waals surface area contributed by atoms with Crippen molar-refractivity contribution < 1.29 is 14.4 Å². The number of hydrogen-bond acceptors (Lipinski definition) is 5. The normalized spacial score (nSPS) is 20.4. The first-order chi connectivity index (χ1) is 14.9. The molecule has 0 aliphatic carbocycles. The average Bonchev–Trinajstić information content (AvgIpc) is 3.41. The molecular weight excluding hydrogens is 394 g/mol. The van der Waals surface area contributed by atoms with Gasteiger partial charge in [-0.2, -0.15) is 0 Å². The van der Waals surface area contributed by atoms with Crippen molar-refractivity contribution in [1.29, 1.82) is 0 Å². The molecule has 3 heterocycles. The van der Waals surface area contributed by atoms with Crippen LogP contribution in [-0.2, 0) is 11.2 Å². The summed E-state index contributed by atoms with van der Waals surface area (Å²) in [4.78, 5) is 49.8. The molecule has 0 bridgehead atoms. The highest BCUT2D eigenvalue weighted by Crippen LogP contribution is 2.33. The minimum absolute atomic E-state index is 0.158. The lowest BCUT2D eigenvalue weighted by Gasteiger charge is -2.43. The fourth-order valence-electron chi connectivity index (χ4n) is 4.23. The van der Waals surface area contributed by atoms with Gasteiger partial charge in [0.15, 0.2) is 11.4 Å². The molecule has 1 aromatic heterocycles. The van der Waals surface area contributed by atoms with E-state index in [1.807, 2.05) is 42.5 Å². The zero-order valence-corrected chi connectivity index (χ0v) is 17.0. The van der Waals surface area contributed by atoms with Crippen LogP contribution >= 0.6 is 0 Å². The summed E-state index contributed by atoms with van der Waals surface area (Å²) in [6.07, 6.45) is 3.21. The number of urea groups is 1. The maximum Gasteiger partial charge on any atom is 0.328 e. The van der Waals surface area contributed by atoms with Gasteiger partial charge < -0.3 is 0 Å². The molecule has 3 aromatic rings. The largest absolute Gasteiger partial charge is 0.328 e. The van der Waals surface area contributed by atoms with Gasteiger partial charge >= 0.3 is 6.03 Å². The van der Waals surface area contributed by atoms with Crippen LogP contribution in [0.4, 0.5) is 4.79 Å². The van der Waals surface area contributed by atoms with Crippen LogP contribution in [0, 0.1) is 0 Å². The van der Waals surface area contributed by atoms with E-state index in [9.17, 15) is 14.4 Å². The first kappa shape index (κ1) is 18.9. The van der Waals surface area contributed by atoms with Crippen molar-refractivity contribution >= 4 is 40.8 Å². The Kier molecular flexibility index (Phi) is 4.11. The SMILES string of the molecule is CN1C(=O)C2=NC=NC2(Cc2ccccc2C(=O)n2ccc3ccccc32)N(C)C1=O. The third kappa shape index (κ3) is 2.64. The number of nitrogens with zero attached hydrogens (tertiary/aromatic N) is 5. The molecule has 0 N–H and O–H groups in total. The summed E-state index contributed by atoms with van der Waals surface area (Å²) in [6, 6.07) is 16.3. The van der Waals surface area contributed by atoms with Crippen LogP contribution in [0.25, 0.3) is 10.9 Å². The molecule has 3 amide bonds. The second-order valence-corrected chi connectivity index (χ2v) is 7.63. The molecule has 1 unspecified atom stereocenters. The molecule has 1 saturated heterocycles. The fraction of sp³-hybridized carbons (Fsp3) is 0.174. The average molecular weight is 413 g/mol. The van der Waals surface area contributed by atoms with Crippen LogP contribution in [0.15, 0.2) is 70.8 Å². The Morgan fingerprint density at radius 1 is 1.00 bits per heavy atom. The summed E-state index contributed by atoms with van der Waals surface area (Å²) in [5.41, 5.74) is 0.866. The molecule has 8 nitrogen and oxygen atoms in total. The second-order valence-electron chi connectivity index (χ2n) is 7.63. The van der Waals surface area contributed by atoms with E-state index in [1.165, 1.54) is 18.3 Å². The predicted octanol–water partition coefficient (Wildman–Crippen LogP) is 2.58. The number of amides is 3. The van der Waals surface area contributed by atoms with Gasteiger partial charge in [-0.25, -0.2) is 14.8 Å². The lowest BCUT2D eigenvalue weighted by molar-refractivity contribution is -0.122. The summed E-state index contributed by atoms with van der Waals surface area (Å²) < 4.78 is 1.60. The summed E-state index contributed by atoms with van der Waals surface area (Å²) in [5, 5.41) is 0.966. The highest BCUT2D eigenvalue weighted by molar-refractivity contribution is 6.48. The lowest BCUT2D eigenvalue weighted by Crippen LogP contribution is -2.66. The van der Waals surface area contributed by atoms with Crippen LogP contribution in [-0.4, -0.2) is 64.0 Å². The number of hydrogen-bond donors (Lipinski definition) is 0. The van der Waals surface area contributed by atoms with Crippen LogP contribution in [0.2, 0.25) is 0 Å². The standard InChI is InChI=1S/C23H19N5O3/c1-26-21(30)19-23(25-14-24-19,27(2)22(26)31)13-16-8-3-5-9-17(16)20(29)28-12-11-15-7-4-6-10-18(15)28/h3-12,14H,13H2,1-2H3. The van der Waals surface area contributed by atoms with Gasteiger partial charge in [-0.05, 0) is 23.8 Å². The number of carbonyl (C=O) groups excluding carboxylic acids is 3. The van der Waals surface area contributed by atoms with E-state index in [2.05, 4.69) is 9.98 Å². The Labute approximate surface area is 178 Å². The van der Waals surface area contributed by atoms with Crippen molar-refractivity contribution in [3.63, 3.8) is 0 Å². The third-order valence-electron chi connectivity index (χ3n) is 5.98. The minimum Gasteiger partial charge on any atom is -0.297 e. The van der Waals surface area contributed by atoms with Gasteiger partial charge in [-0.3, -0.25) is 24.0 Å². The molecule has 1 atom stereocenters. The number of carbonyl (C=O) groups is 3. The first-order valence-electron chi connectivity index (χ1n) is 9.80. The van der Waals surface area contributed by atoms with Gasteiger partial charge in [0, 0.05) is 37.7 Å². The molecular formula is C23H19N5O3. The Morgan fingerprint density at radius 3 is 2.58 bits per heavy atom. The number of aromatic nitrogens is 1. The number of likely N-dealkylation sites (N-methyl/N-ethyl adjacent to an activating group) is 1. The maximum absolute atomic E-state index is 13.5. The van der Waals surface area contributed by atoms with E-state index >= 15 is 0 Å². The number of imide groups is 1. The Morgan fingerprint density at radius 2 is 1.74 bits per heavy atom. The van der Waals surface area contributed by atoms with Gasteiger partial charge in [0.1, 0.15) is 6.34 Å². The molecule has 2 aliphatic heterocycles. The van der Waals surface area contributed by atoms with Gasteiger partial charge in [0.2, 0.25) is 0 Å². The van der Waals surface area contributed by atoms with Gasteiger partial charge in [-0.1, -0.05) is 36.4 Å². The number of rotatable bonds is 3. The van der Waals surface area contributed by atoms with E-state index in [4.69, 9.17) is 0 Å². The quantitative estimate of drug-likeness (QED) is 0.661. The molecule has 0 spiro atoms. The summed E-state index contributed by atoms with van der Waals surface area (Å²) in [5.74, 6) is -0.678.